The van der Waals surface area contributed by atoms with Crippen molar-refractivity contribution in [2.45, 2.75) is 39.0 Å². The molecule has 23 heavy (non-hydrogen) atoms. The molecule has 0 N–H and O–H groups in total. The molecule has 1 aromatic rings. The fraction of sp³-hybridized carbons (Fsp3) is 0.421. The highest BCUT2D eigenvalue weighted by atomic mass is 16.7. The maximum Gasteiger partial charge on any atom is 0.189 e. The minimum Gasteiger partial charge on any atom is -0.474 e. The fourth-order valence-corrected chi connectivity index (χ4v) is 3.52. The van der Waals surface area contributed by atoms with Gasteiger partial charge in [0.05, 0.1) is 7.11 Å². The molecule has 3 rings (SSSR count). The summed E-state index contributed by atoms with van der Waals surface area (Å²) in [7, 11) is 1.66. The summed E-state index contributed by atoms with van der Waals surface area (Å²) in [6, 6.07) is 7.73. The number of carbonyl (C=O) groups is 1. The minimum atomic E-state index is -0.583. The van der Waals surface area contributed by atoms with E-state index in [-0.39, 0.29) is 17.9 Å². The number of rotatable bonds is 4. The zero-order chi connectivity index (χ0) is 16.6. The van der Waals surface area contributed by atoms with Crippen molar-refractivity contribution < 1.29 is 14.4 Å². The number of nitrogens with zero attached hydrogens (tertiary/aromatic N) is 1. The van der Waals surface area contributed by atoms with Gasteiger partial charge in [0.25, 0.3) is 0 Å². The Kier molecular flexibility index (Phi) is 4.13. The average Bonchev–Trinajstić information content (AvgIpc) is 2.88. The van der Waals surface area contributed by atoms with Gasteiger partial charge in [-0.25, -0.2) is 0 Å². The maximum atomic E-state index is 12.5. The number of allylic oxidation sites excluding steroid dienone is 2. The topological polar surface area (TPSA) is 38.8 Å². The van der Waals surface area contributed by atoms with Crippen molar-refractivity contribution in [2.75, 3.05) is 7.11 Å². The third kappa shape index (κ3) is 2.25. The molecular weight excluding hydrogens is 290 g/mol. The number of carbonyl (C=O) groups excluding carboxylic acids is 1. The van der Waals surface area contributed by atoms with Crippen LogP contribution < -0.4 is 0 Å². The normalized spacial score (nSPS) is 27.1. The summed E-state index contributed by atoms with van der Waals surface area (Å²) >= 11 is 0. The third-order valence-corrected chi connectivity index (χ3v) is 4.58. The summed E-state index contributed by atoms with van der Waals surface area (Å²) in [5, 5.41) is 1.91. The van der Waals surface area contributed by atoms with Crippen LogP contribution in [0, 0.1) is 5.92 Å². The van der Waals surface area contributed by atoms with Crippen LogP contribution in [-0.4, -0.2) is 24.2 Å². The van der Waals surface area contributed by atoms with Crippen LogP contribution in [0.3, 0.4) is 0 Å². The lowest BCUT2D eigenvalue weighted by molar-refractivity contribution is -0.236. The molecule has 4 heteroatoms. The highest BCUT2D eigenvalue weighted by Crippen LogP contribution is 2.51. The number of ether oxygens (including phenoxy) is 1. The summed E-state index contributed by atoms with van der Waals surface area (Å²) in [6.07, 6.45) is 6.20. The SMILES string of the molecule is CC=CCC12C(=CC(=O)c3ccccc31)OC(C(C)C)N2OC. The van der Waals surface area contributed by atoms with E-state index in [1.807, 2.05) is 42.3 Å². The van der Waals surface area contributed by atoms with Crippen molar-refractivity contribution in [3.63, 3.8) is 0 Å². The Morgan fingerprint density at radius 2 is 2.13 bits per heavy atom. The molecule has 122 valence electrons. The standard InChI is InChI=1S/C19H23NO3/c1-5-6-11-19-15-10-8-7-9-14(15)16(21)12-17(19)23-18(13(2)3)20(19)22-4/h5-10,12-13,18H,11H2,1-4H3. The van der Waals surface area contributed by atoms with Crippen LogP contribution in [0.15, 0.2) is 48.3 Å². The predicted molar refractivity (Wildman–Crippen MR) is 88.5 cm³/mol. The van der Waals surface area contributed by atoms with Gasteiger partial charge in [-0.2, -0.15) is 0 Å². The first-order chi connectivity index (χ1) is 11.1. The van der Waals surface area contributed by atoms with Crippen LogP contribution in [-0.2, 0) is 15.1 Å². The van der Waals surface area contributed by atoms with E-state index in [1.54, 1.807) is 13.2 Å². The number of fused-ring (bicyclic) bond motifs is 3. The Morgan fingerprint density at radius 3 is 2.78 bits per heavy atom. The maximum absolute atomic E-state index is 12.5. The molecule has 0 spiro atoms. The van der Waals surface area contributed by atoms with Crippen molar-refractivity contribution in [1.82, 2.24) is 5.06 Å². The Labute approximate surface area is 137 Å². The van der Waals surface area contributed by atoms with Gasteiger partial charge in [-0.05, 0) is 18.9 Å². The molecule has 1 fully saturated rings. The van der Waals surface area contributed by atoms with Gasteiger partial charge < -0.3 is 4.74 Å². The fourth-order valence-electron chi connectivity index (χ4n) is 3.52. The lowest BCUT2D eigenvalue weighted by Crippen LogP contribution is -2.48. The molecule has 0 amide bonds. The molecule has 2 unspecified atom stereocenters. The van der Waals surface area contributed by atoms with E-state index < -0.39 is 5.54 Å². The second-order valence-electron chi connectivity index (χ2n) is 6.31. The summed E-state index contributed by atoms with van der Waals surface area (Å²) in [5.41, 5.74) is 1.09. The van der Waals surface area contributed by atoms with E-state index in [4.69, 9.17) is 9.57 Å². The second kappa shape index (κ2) is 5.95. The Balaban J connectivity index is 2.25. The van der Waals surface area contributed by atoms with Gasteiger partial charge in [0.15, 0.2) is 12.0 Å². The van der Waals surface area contributed by atoms with Gasteiger partial charge in [-0.15, -0.1) is 5.06 Å². The zero-order valence-electron chi connectivity index (χ0n) is 14.1. The number of hydroxylamine groups is 2. The smallest absolute Gasteiger partial charge is 0.189 e. The van der Waals surface area contributed by atoms with E-state index in [0.717, 1.165) is 11.1 Å². The number of ketones is 1. The third-order valence-electron chi connectivity index (χ3n) is 4.58. The van der Waals surface area contributed by atoms with Crippen molar-refractivity contribution >= 4 is 5.78 Å². The molecule has 0 aromatic heterocycles. The molecule has 0 saturated carbocycles. The number of hydrogen-bond donors (Lipinski definition) is 0. The molecule has 2 atom stereocenters. The summed E-state index contributed by atoms with van der Waals surface area (Å²) in [6.45, 7) is 6.17. The van der Waals surface area contributed by atoms with Gasteiger partial charge >= 0.3 is 0 Å². The molecule has 1 aliphatic carbocycles. The van der Waals surface area contributed by atoms with Crippen molar-refractivity contribution in [3.8, 4) is 0 Å². The first-order valence-electron chi connectivity index (χ1n) is 8.03. The van der Waals surface area contributed by atoms with E-state index in [0.29, 0.717) is 12.2 Å². The second-order valence-corrected chi connectivity index (χ2v) is 6.31. The molecule has 0 radical (unpaired) electrons. The van der Waals surface area contributed by atoms with Gasteiger partial charge in [-0.1, -0.05) is 50.3 Å². The van der Waals surface area contributed by atoms with Crippen molar-refractivity contribution in [2.24, 2.45) is 5.92 Å². The van der Waals surface area contributed by atoms with Crippen LogP contribution in [0.1, 0.15) is 43.1 Å². The number of benzene rings is 1. The van der Waals surface area contributed by atoms with E-state index in [2.05, 4.69) is 19.9 Å². The summed E-state index contributed by atoms with van der Waals surface area (Å²) in [5.74, 6) is 0.901. The highest BCUT2D eigenvalue weighted by molar-refractivity contribution is 6.08. The minimum absolute atomic E-state index is 0.00726. The van der Waals surface area contributed by atoms with Gasteiger partial charge in [0.1, 0.15) is 11.3 Å². The van der Waals surface area contributed by atoms with Crippen LogP contribution in [0.5, 0.6) is 0 Å². The molecule has 2 aliphatic rings. The summed E-state index contributed by atoms with van der Waals surface area (Å²) in [4.78, 5) is 18.3. The Bertz CT molecular complexity index is 677. The quantitative estimate of drug-likeness (QED) is 0.793. The molecule has 0 bridgehead atoms. The molecular formula is C19H23NO3. The van der Waals surface area contributed by atoms with Crippen LogP contribution in [0.25, 0.3) is 0 Å². The van der Waals surface area contributed by atoms with Gasteiger partial charge in [-0.3, -0.25) is 9.63 Å². The number of hydrogen-bond acceptors (Lipinski definition) is 4. The van der Waals surface area contributed by atoms with Crippen molar-refractivity contribution in [3.05, 3.63) is 59.4 Å². The largest absolute Gasteiger partial charge is 0.474 e. The van der Waals surface area contributed by atoms with Gasteiger partial charge in [0.2, 0.25) is 0 Å². The first kappa shape index (κ1) is 16.0. The van der Waals surface area contributed by atoms with E-state index >= 15 is 0 Å². The van der Waals surface area contributed by atoms with Gasteiger partial charge in [0, 0.05) is 17.6 Å². The monoisotopic (exact) mass is 313 g/mol. The summed E-state index contributed by atoms with van der Waals surface area (Å²) < 4.78 is 6.17. The molecule has 1 aliphatic heterocycles. The van der Waals surface area contributed by atoms with Crippen LogP contribution in [0.2, 0.25) is 0 Å². The Morgan fingerprint density at radius 1 is 1.39 bits per heavy atom. The first-order valence-corrected chi connectivity index (χ1v) is 8.03. The van der Waals surface area contributed by atoms with E-state index in [1.165, 1.54) is 0 Å². The van der Waals surface area contributed by atoms with Crippen LogP contribution >= 0.6 is 0 Å². The molecule has 4 nitrogen and oxygen atoms in total. The lowest BCUT2D eigenvalue weighted by Gasteiger charge is -2.39. The lowest BCUT2D eigenvalue weighted by atomic mass is 9.77. The van der Waals surface area contributed by atoms with Crippen LogP contribution in [0.4, 0.5) is 0 Å². The predicted octanol–water partition coefficient (Wildman–Crippen LogP) is 3.80. The molecule has 1 saturated heterocycles. The zero-order valence-corrected chi connectivity index (χ0v) is 14.1. The Hall–Kier alpha value is -1.91. The molecule has 1 heterocycles. The average molecular weight is 313 g/mol. The molecule has 1 aromatic carbocycles. The highest BCUT2D eigenvalue weighted by Gasteiger charge is 2.57. The van der Waals surface area contributed by atoms with E-state index in [9.17, 15) is 4.79 Å². The van der Waals surface area contributed by atoms with Crippen molar-refractivity contribution in [1.29, 1.82) is 0 Å².